The Bertz CT molecular complexity index is 621. The Balaban J connectivity index is 2.06. The molecule has 0 spiro atoms. The predicted molar refractivity (Wildman–Crippen MR) is 82.7 cm³/mol. The number of aryl methyl sites for hydroxylation is 3. The molecule has 2 nitrogen and oxygen atoms in total. The summed E-state index contributed by atoms with van der Waals surface area (Å²) < 4.78 is 27.2. The summed E-state index contributed by atoms with van der Waals surface area (Å²) in [7, 11) is 0. The quantitative estimate of drug-likeness (QED) is 0.779. The lowest BCUT2D eigenvalue weighted by Gasteiger charge is -2.10. The molecule has 0 N–H and O–H groups in total. The van der Waals surface area contributed by atoms with Crippen LogP contribution in [-0.2, 0) is 6.42 Å². The van der Waals surface area contributed by atoms with Gasteiger partial charge in [-0.25, -0.2) is 0 Å². The summed E-state index contributed by atoms with van der Waals surface area (Å²) in [5.74, 6) is 1.38. The lowest BCUT2D eigenvalue weighted by molar-refractivity contribution is 0.319. The van der Waals surface area contributed by atoms with E-state index in [0.717, 1.165) is 22.4 Å². The van der Waals surface area contributed by atoms with Crippen molar-refractivity contribution < 1.29 is 12.2 Å². The fraction of sp³-hybridized carbons (Fsp3) is 0.333. The van der Waals surface area contributed by atoms with E-state index >= 15 is 0 Å². The van der Waals surface area contributed by atoms with Crippen LogP contribution in [0.4, 0.5) is 0 Å². The second kappa shape index (κ2) is 6.99. The molecule has 0 aromatic heterocycles. The number of hydrogen-bond acceptors (Lipinski definition) is 2. The molecule has 0 radical (unpaired) electrons. The molecule has 2 heteroatoms. The Morgan fingerprint density at radius 1 is 1.00 bits per heavy atom. The Morgan fingerprint density at radius 2 is 1.75 bits per heavy atom. The van der Waals surface area contributed by atoms with Crippen molar-refractivity contribution in [2.24, 2.45) is 0 Å². The highest BCUT2D eigenvalue weighted by Gasteiger charge is 2.00. The lowest BCUT2D eigenvalue weighted by atomic mass is 10.1. The van der Waals surface area contributed by atoms with Crippen molar-refractivity contribution in [3.8, 4) is 11.5 Å². The Labute approximate surface area is 124 Å². The van der Waals surface area contributed by atoms with Gasteiger partial charge in [-0.05, 0) is 50.1 Å². The summed E-state index contributed by atoms with van der Waals surface area (Å²) in [4.78, 5) is 0. The van der Waals surface area contributed by atoms with Crippen LogP contribution in [0.3, 0.4) is 0 Å². The van der Waals surface area contributed by atoms with Gasteiger partial charge in [-0.1, -0.05) is 29.8 Å². The van der Waals surface area contributed by atoms with Gasteiger partial charge in [0.05, 0.1) is 15.9 Å². The van der Waals surface area contributed by atoms with Gasteiger partial charge in [0.1, 0.15) is 11.5 Å². The van der Waals surface area contributed by atoms with Gasteiger partial charge in [-0.2, -0.15) is 0 Å². The van der Waals surface area contributed by atoms with Crippen molar-refractivity contribution in [1.29, 1.82) is 0 Å². The third kappa shape index (κ3) is 4.02. The van der Waals surface area contributed by atoms with Gasteiger partial charge < -0.3 is 9.47 Å². The van der Waals surface area contributed by atoms with Crippen molar-refractivity contribution in [2.75, 3.05) is 13.2 Å². The molecule has 2 rings (SSSR count). The molecular weight excluding hydrogens is 248 g/mol. The minimum absolute atomic E-state index is 0.187. The maximum Gasteiger partial charge on any atom is 0.122 e. The first-order valence-electron chi connectivity index (χ1n) is 7.87. The van der Waals surface area contributed by atoms with E-state index in [-0.39, 0.29) is 6.42 Å². The smallest absolute Gasteiger partial charge is 0.122 e. The van der Waals surface area contributed by atoms with Crippen molar-refractivity contribution in [2.45, 2.75) is 27.2 Å². The fourth-order valence-corrected chi connectivity index (χ4v) is 1.98. The van der Waals surface area contributed by atoms with Crippen LogP contribution in [0.5, 0.6) is 11.5 Å². The number of ether oxygens (including phenoxy) is 2. The zero-order valence-electron chi connectivity index (χ0n) is 14.3. The molecule has 0 bridgehead atoms. The molecular formula is C18H22O2. The largest absolute Gasteiger partial charge is 0.494 e. The molecule has 0 heterocycles. The van der Waals surface area contributed by atoms with E-state index in [1.165, 1.54) is 0 Å². The Morgan fingerprint density at radius 3 is 2.40 bits per heavy atom. The Kier molecular flexibility index (Phi) is 4.14. The van der Waals surface area contributed by atoms with Crippen molar-refractivity contribution in [3.05, 3.63) is 59.2 Å². The molecule has 0 saturated carbocycles. The molecule has 0 aliphatic rings. The highest BCUT2D eigenvalue weighted by molar-refractivity contribution is 5.35. The molecule has 0 amide bonds. The van der Waals surface area contributed by atoms with Crippen LogP contribution in [0.25, 0.3) is 0 Å². The SMILES string of the molecule is [2H]C([2H])(Cc1ccc(OCC)cc1)Oc1ccc(C)cc1C. The predicted octanol–water partition coefficient (Wildman–Crippen LogP) is 4.32. The summed E-state index contributed by atoms with van der Waals surface area (Å²) in [6.45, 7) is 4.73. The maximum absolute atomic E-state index is 8.10. The molecule has 0 atom stereocenters. The van der Waals surface area contributed by atoms with E-state index in [0.29, 0.717) is 12.4 Å². The highest BCUT2D eigenvalue weighted by atomic mass is 16.5. The second-order valence-electron chi connectivity index (χ2n) is 4.77. The number of benzene rings is 2. The summed E-state index contributed by atoms with van der Waals surface area (Å²) in [6, 6.07) is 13.2. The summed E-state index contributed by atoms with van der Waals surface area (Å²) in [5, 5.41) is 0. The average Bonchev–Trinajstić information content (AvgIpc) is 2.44. The van der Waals surface area contributed by atoms with Crippen molar-refractivity contribution in [1.82, 2.24) is 0 Å². The van der Waals surface area contributed by atoms with E-state index < -0.39 is 6.56 Å². The second-order valence-corrected chi connectivity index (χ2v) is 4.77. The van der Waals surface area contributed by atoms with Gasteiger partial charge in [-0.15, -0.1) is 0 Å². The molecule has 0 unspecified atom stereocenters. The minimum Gasteiger partial charge on any atom is -0.494 e. The third-order valence-electron chi connectivity index (χ3n) is 3.02. The van der Waals surface area contributed by atoms with Crippen LogP contribution in [0.1, 0.15) is 26.4 Å². The minimum atomic E-state index is -1.76. The topological polar surface area (TPSA) is 18.5 Å². The standard InChI is InChI=1S/C18H22O2/c1-4-19-17-8-6-16(7-9-17)11-12-20-18-10-5-14(2)13-15(18)3/h5-10,13H,4,11-12H2,1-3H3/i12D2. The van der Waals surface area contributed by atoms with Crippen LogP contribution in [0.15, 0.2) is 42.5 Å². The van der Waals surface area contributed by atoms with E-state index in [9.17, 15) is 0 Å². The van der Waals surface area contributed by atoms with Gasteiger partial charge in [0.25, 0.3) is 0 Å². The number of hydrogen-bond donors (Lipinski definition) is 0. The maximum atomic E-state index is 8.10. The zero-order valence-corrected chi connectivity index (χ0v) is 12.3. The molecule has 0 aliphatic carbocycles. The van der Waals surface area contributed by atoms with Crippen LogP contribution < -0.4 is 9.47 Å². The van der Waals surface area contributed by atoms with E-state index in [1.54, 1.807) is 0 Å². The monoisotopic (exact) mass is 272 g/mol. The third-order valence-corrected chi connectivity index (χ3v) is 3.02. The molecule has 106 valence electrons. The molecule has 0 aliphatic heterocycles. The van der Waals surface area contributed by atoms with Gasteiger partial charge in [0.15, 0.2) is 0 Å². The summed E-state index contributed by atoms with van der Waals surface area (Å²) in [6.07, 6.45) is 0.187. The first kappa shape index (κ1) is 11.8. The van der Waals surface area contributed by atoms with Crippen molar-refractivity contribution >= 4 is 0 Å². The van der Waals surface area contributed by atoms with Crippen molar-refractivity contribution in [3.63, 3.8) is 0 Å². The Hall–Kier alpha value is -1.96. The fourth-order valence-electron chi connectivity index (χ4n) is 1.98. The average molecular weight is 272 g/mol. The molecule has 0 fully saturated rings. The lowest BCUT2D eigenvalue weighted by Crippen LogP contribution is -2.02. The normalized spacial score (nSPS) is 12.6. The van der Waals surface area contributed by atoms with Crippen LogP contribution >= 0.6 is 0 Å². The van der Waals surface area contributed by atoms with Gasteiger partial charge >= 0.3 is 0 Å². The van der Waals surface area contributed by atoms with Gasteiger partial charge in [0.2, 0.25) is 0 Å². The first-order valence-corrected chi connectivity index (χ1v) is 6.87. The summed E-state index contributed by atoms with van der Waals surface area (Å²) in [5.41, 5.74) is 2.95. The zero-order chi connectivity index (χ0) is 16.2. The number of rotatable bonds is 6. The van der Waals surface area contributed by atoms with Gasteiger partial charge in [-0.3, -0.25) is 0 Å². The van der Waals surface area contributed by atoms with E-state index in [4.69, 9.17) is 12.2 Å². The van der Waals surface area contributed by atoms with Gasteiger partial charge in [0, 0.05) is 6.42 Å². The highest BCUT2D eigenvalue weighted by Crippen LogP contribution is 2.19. The molecule has 20 heavy (non-hydrogen) atoms. The molecule has 2 aromatic carbocycles. The first-order chi connectivity index (χ1) is 10.4. The van der Waals surface area contributed by atoms with E-state index in [1.807, 2.05) is 63.2 Å². The van der Waals surface area contributed by atoms with Crippen LogP contribution in [-0.4, -0.2) is 13.2 Å². The van der Waals surface area contributed by atoms with E-state index in [2.05, 4.69) is 0 Å². The van der Waals surface area contributed by atoms with Crippen LogP contribution in [0, 0.1) is 13.8 Å². The molecule has 2 aromatic rings. The molecule has 0 saturated heterocycles. The summed E-state index contributed by atoms with van der Waals surface area (Å²) >= 11 is 0. The van der Waals surface area contributed by atoms with Crippen LogP contribution in [0.2, 0.25) is 0 Å².